The molecule has 0 aliphatic carbocycles. The summed E-state index contributed by atoms with van der Waals surface area (Å²) in [7, 11) is 3.48. The number of likely N-dealkylation sites (N-methyl/N-ethyl adjacent to an activating group) is 1. The molecule has 1 fully saturated rings. The lowest BCUT2D eigenvalue weighted by Crippen LogP contribution is -2.58. The number of aryl methyl sites for hydroxylation is 1. The van der Waals surface area contributed by atoms with Gasteiger partial charge in [-0.25, -0.2) is 0 Å². The Morgan fingerprint density at radius 2 is 2.16 bits per heavy atom. The zero-order valence-corrected chi connectivity index (χ0v) is 11.9. The fourth-order valence-electron chi connectivity index (χ4n) is 2.23. The summed E-state index contributed by atoms with van der Waals surface area (Å²) in [5, 5.41) is 8.22. The number of morpholine rings is 1. The molecular formula is C13H20N4O2. The summed E-state index contributed by atoms with van der Waals surface area (Å²) in [6.07, 6.45) is 0. The second kappa shape index (κ2) is 5.13. The molecule has 1 atom stereocenters. The van der Waals surface area contributed by atoms with Crippen molar-refractivity contribution in [1.82, 2.24) is 15.1 Å². The van der Waals surface area contributed by atoms with Gasteiger partial charge in [0.1, 0.15) is 0 Å². The highest BCUT2D eigenvalue weighted by Crippen LogP contribution is 2.23. The molecule has 0 saturated carbocycles. The Hall–Kier alpha value is -1.69. The quantitative estimate of drug-likeness (QED) is 0.777. The fraction of sp³-hybridized carbons (Fsp3) is 0.615. The molecule has 0 unspecified atom stereocenters. The molecule has 1 saturated heterocycles. The lowest BCUT2D eigenvalue weighted by molar-refractivity contribution is -0.155. The van der Waals surface area contributed by atoms with Crippen molar-refractivity contribution in [3.05, 3.63) is 17.8 Å². The van der Waals surface area contributed by atoms with Gasteiger partial charge in [-0.2, -0.15) is 5.10 Å². The second-order valence-electron chi connectivity index (χ2n) is 5.23. The first-order valence-corrected chi connectivity index (χ1v) is 6.33. The van der Waals surface area contributed by atoms with Gasteiger partial charge in [0.25, 0.3) is 5.91 Å². The molecule has 1 amide bonds. The third-order valence-corrected chi connectivity index (χ3v) is 3.24. The maximum absolute atomic E-state index is 12.2. The van der Waals surface area contributed by atoms with Crippen molar-refractivity contribution in [2.45, 2.75) is 19.4 Å². The lowest BCUT2D eigenvalue weighted by Gasteiger charge is -2.40. The van der Waals surface area contributed by atoms with Gasteiger partial charge in [-0.15, -0.1) is 5.10 Å². The summed E-state index contributed by atoms with van der Waals surface area (Å²) < 4.78 is 5.68. The Kier molecular flexibility index (Phi) is 3.71. The standard InChI is InChI=1S/C13H20N4O2/c1-10-5-6-11(15-14-10)17-7-8-19-13(2,9-17)12(18)16(3)4/h5-6H,7-9H2,1-4H3/t13-/m1/s1. The van der Waals surface area contributed by atoms with Gasteiger partial charge < -0.3 is 14.5 Å². The molecule has 6 nitrogen and oxygen atoms in total. The minimum Gasteiger partial charge on any atom is -0.362 e. The first kappa shape index (κ1) is 13.7. The van der Waals surface area contributed by atoms with E-state index in [4.69, 9.17) is 4.74 Å². The monoisotopic (exact) mass is 264 g/mol. The predicted molar refractivity (Wildman–Crippen MR) is 72.0 cm³/mol. The molecule has 0 bridgehead atoms. The van der Waals surface area contributed by atoms with Crippen molar-refractivity contribution in [3.63, 3.8) is 0 Å². The number of carbonyl (C=O) groups is 1. The SMILES string of the molecule is Cc1ccc(N2CCO[C@@](C)(C(=O)N(C)C)C2)nn1. The lowest BCUT2D eigenvalue weighted by atomic mass is 10.0. The molecule has 1 aromatic heterocycles. The largest absolute Gasteiger partial charge is 0.362 e. The highest BCUT2D eigenvalue weighted by Gasteiger charge is 2.40. The summed E-state index contributed by atoms with van der Waals surface area (Å²) in [5.74, 6) is 0.754. The van der Waals surface area contributed by atoms with Crippen LogP contribution in [0.2, 0.25) is 0 Å². The van der Waals surface area contributed by atoms with Crippen LogP contribution >= 0.6 is 0 Å². The minimum absolute atomic E-state index is 0.0303. The highest BCUT2D eigenvalue weighted by molar-refractivity contribution is 5.85. The van der Waals surface area contributed by atoms with Crippen LogP contribution < -0.4 is 4.90 Å². The van der Waals surface area contributed by atoms with Crippen molar-refractivity contribution in [2.24, 2.45) is 0 Å². The molecule has 1 aliphatic heterocycles. The Bertz CT molecular complexity index is 460. The van der Waals surface area contributed by atoms with Crippen molar-refractivity contribution < 1.29 is 9.53 Å². The first-order chi connectivity index (χ1) is 8.92. The second-order valence-corrected chi connectivity index (χ2v) is 5.23. The van der Waals surface area contributed by atoms with Crippen LogP contribution in [-0.4, -0.2) is 60.4 Å². The van der Waals surface area contributed by atoms with Crippen LogP contribution in [0.1, 0.15) is 12.6 Å². The average molecular weight is 264 g/mol. The summed E-state index contributed by atoms with van der Waals surface area (Å²) >= 11 is 0. The van der Waals surface area contributed by atoms with Crippen LogP contribution in [0, 0.1) is 6.92 Å². The molecule has 0 aromatic carbocycles. The number of ether oxygens (including phenoxy) is 1. The van der Waals surface area contributed by atoms with E-state index < -0.39 is 5.60 Å². The van der Waals surface area contributed by atoms with Gasteiger partial charge in [-0.1, -0.05) is 0 Å². The molecule has 0 spiro atoms. The van der Waals surface area contributed by atoms with E-state index >= 15 is 0 Å². The third kappa shape index (κ3) is 2.84. The Labute approximate surface area is 113 Å². The Morgan fingerprint density at radius 1 is 1.42 bits per heavy atom. The van der Waals surface area contributed by atoms with E-state index in [1.807, 2.05) is 30.9 Å². The topological polar surface area (TPSA) is 58.6 Å². The smallest absolute Gasteiger partial charge is 0.255 e. The van der Waals surface area contributed by atoms with Crippen LogP contribution in [0.3, 0.4) is 0 Å². The van der Waals surface area contributed by atoms with Crippen LogP contribution in [-0.2, 0) is 9.53 Å². The zero-order valence-electron chi connectivity index (χ0n) is 11.9. The zero-order chi connectivity index (χ0) is 14.0. The molecule has 1 aromatic rings. The molecular weight excluding hydrogens is 244 g/mol. The Morgan fingerprint density at radius 3 is 2.74 bits per heavy atom. The number of carbonyl (C=O) groups excluding carboxylic acids is 1. The molecule has 0 N–H and O–H groups in total. The fourth-order valence-corrected chi connectivity index (χ4v) is 2.23. The number of rotatable bonds is 2. The van der Waals surface area contributed by atoms with Gasteiger partial charge in [-0.3, -0.25) is 4.79 Å². The predicted octanol–water partition coefficient (Wildman–Crippen LogP) is 0.469. The minimum atomic E-state index is -0.825. The van der Waals surface area contributed by atoms with Crippen LogP contribution in [0.15, 0.2) is 12.1 Å². The van der Waals surface area contributed by atoms with E-state index in [0.29, 0.717) is 19.7 Å². The van der Waals surface area contributed by atoms with Gasteiger partial charge in [-0.05, 0) is 26.0 Å². The van der Waals surface area contributed by atoms with E-state index in [0.717, 1.165) is 11.5 Å². The summed E-state index contributed by atoms with van der Waals surface area (Å²) in [5.41, 5.74) is 0.0537. The van der Waals surface area contributed by atoms with Crippen molar-refractivity contribution in [3.8, 4) is 0 Å². The van der Waals surface area contributed by atoms with E-state index in [-0.39, 0.29) is 5.91 Å². The van der Waals surface area contributed by atoms with Crippen LogP contribution in [0.5, 0.6) is 0 Å². The highest BCUT2D eigenvalue weighted by atomic mass is 16.5. The number of hydrogen-bond donors (Lipinski definition) is 0. The van der Waals surface area contributed by atoms with Crippen molar-refractivity contribution in [2.75, 3.05) is 38.7 Å². The molecule has 2 rings (SSSR count). The average Bonchev–Trinajstić information content (AvgIpc) is 2.38. The van der Waals surface area contributed by atoms with Crippen molar-refractivity contribution >= 4 is 11.7 Å². The summed E-state index contributed by atoms with van der Waals surface area (Å²) in [6.45, 7) is 5.43. The molecule has 2 heterocycles. The van der Waals surface area contributed by atoms with Gasteiger partial charge in [0, 0.05) is 20.6 Å². The number of hydrogen-bond acceptors (Lipinski definition) is 5. The van der Waals surface area contributed by atoms with Gasteiger partial charge in [0.2, 0.25) is 0 Å². The third-order valence-electron chi connectivity index (χ3n) is 3.24. The molecule has 104 valence electrons. The maximum atomic E-state index is 12.2. The molecule has 1 aliphatic rings. The number of nitrogens with zero attached hydrogens (tertiary/aromatic N) is 4. The summed E-state index contributed by atoms with van der Waals surface area (Å²) in [4.78, 5) is 15.8. The van der Waals surface area contributed by atoms with Crippen LogP contribution in [0.4, 0.5) is 5.82 Å². The van der Waals surface area contributed by atoms with E-state index in [1.54, 1.807) is 19.0 Å². The van der Waals surface area contributed by atoms with Gasteiger partial charge in [0.05, 0.1) is 18.8 Å². The number of anilines is 1. The maximum Gasteiger partial charge on any atom is 0.255 e. The number of amides is 1. The normalized spacial score (nSPS) is 23.3. The van der Waals surface area contributed by atoms with Gasteiger partial charge >= 0.3 is 0 Å². The molecule has 19 heavy (non-hydrogen) atoms. The van der Waals surface area contributed by atoms with E-state index in [9.17, 15) is 4.79 Å². The van der Waals surface area contributed by atoms with Gasteiger partial charge in [0.15, 0.2) is 11.4 Å². The Balaban J connectivity index is 2.17. The van der Waals surface area contributed by atoms with E-state index in [1.165, 1.54) is 0 Å². The van der Waals surface area contributed by atoms with Crippen LogP contribution in [0.25, 0.3) is 0 Å². The van der Waals surface area contributed by atoms with Crippen molar-refractivity contribution in [1.29, 1.82) is 0 Å². The van der Waals surface area contributed by atoms with E-state index in [2.05, 4.69) is 10.2 Å². The first-order valence-electron chi connectivity index (χ1n) is 6.33. The molecule has 0 radical (unpaired) electrons. The summed E-state index contributed by atoms with van der Waals surface area (Å²) in [6, 6.07) is 3.84. The molecule has 6 heteroatoms. The number of aromatic nitrogens is 2.